The van der Waals surface area contributed by atoms with Crippen molar-refractivity contribution in [2.45, 2.75) is 64.1 Å². The smallest absolute Gasteiger partial charge is 0.280 e. The van der Waals surface area contributed by atoms with E-state index in [1.54, 1.807) is 38.1 Å². The molecule has 0 bridgehead atoms. The Morgan fingerprint density at radius 1 is 1.14 bits per heavy atom. The molecule has 2 aliphatic rings. The van der Waals surface area contributed by atoms with Gasteiger partial charge in [-0.05, 0) is 38.2 Å². The Morgan fingerprint density at radius 2 is 1.73 bits per heavy atom. The molecule has 1 aliphatic carbocycles. The second-order valence-corrected chi connectivity index (χ2v) is 11.6. The lowest BCUT2D eigenvalue weighted by Crippen LogP contribution is -2.62. The lowest BCUT2D eigenvalue weighted by Gasteiger charge is -2.35. The minimum absolute atomic E-state index is 0. The number of carbonyl (C=O) groups excluding carboxylic acids is 2. The highest BCUT2D eigenvalue weighted by atomic mass is 35.5. The van der Waals surface area contributed by atoms with Crippen LogP contribution in [0.3, 0.4) is 0 Å². The highest BCUT2D eigenvalue weighted by Crippen LogP contribution is 2.27. The summed E-state index contributed by atoms with van der Waals surface area (Å²) in [5, 5.41) is 13.0. The van der Waals surface area contributed by atoms with Crippen molar-refractivity contribution in [2.75, 3.05) is 26.3 Å². The maximum absolute atomic E-state index is 13.4. The van der Waals surface area contributed by atoms with E-state index in [-0.39, 0.29) is 43.8 Å². The van der Waals surface area contributed by atoms with Crippen molar-refractivity contribution in [3.8, 4) is 0 Å². The van der Waals surface area contributed by atoms with E-state index in [0.717, 1.165) is 37.7 Å². The van der Waals surface area contributed by atoms with Gasteiger partial charge in [-0.2, -0.15) is 17.4 Å². The van der Waals surface area contributed by atoms with E-state index in [2.05, 4.69) is 15.4 Å². The zero-order valence-electron chi connectivity index (χ0n) is 21.4. The summed E-state index contributed by atoms with van der Waals surface area (Å²) in [6.45, 7) is 4.50. The summed E-state index contributed by atoms with van der Waals surface area (Å²) in [5.74, 6) is -1.09. The third kappa shape index (κ3) is 8.64. The number of amidine groups is 1. The Morgan fingerprint density at radius 3 is 2.30 bits per heavy atom. The molecule has 13 heteroatoms. The van der Waals surface area contributed by atoms with Crippen molar-refractivity contribution in [1.82, 2.24) is 19.7 Å². The number of morpholine rings is 1. The van der Waals surface area contributed by atoms with Gasteiger partial charge in [-0.3, -0.25) is 15.0 Å². The van der Waals surface area contributed by atoms with Gasteiger partial charge in [0.1, 0.15) is 17.4 Å². The summed E-state index contributed by atoms with van der Waals surface area (Å²) in [5.41, 5.74) is 5.60. The number of nitrogens with zero attached hydrogens (tertiary/aromatic N) is 1. The summed E-state index contributed by atoms with van der Waals surface area (Å²) in [6, 6.07) is 5.96. The number of halogens is 1. The van der Waals surface area contributed by atoms with E-state index in [4.69, 9.17) is 15.9 Å². The van der Waals surface area contributed by atoms with E-state index in [0.29, 0.717) is 18.8 Å². The van der Waals surface area contributed by atoms with Crippen LogP contribution in [0, 0.1) is 11.3 Å². The Kier molecular flexibility index (Phi) is 11.3. The van der Waals surface area contributed by atoms with Crippen LogP contribution in [0.5, 0.6) is 0 Å². The molecule has 11 nitrogen and oxygen atoms in total. The SMILES string of the molecule is CC(C)(NC(=O)[C@H](NS(=O)(=O)N1CCOCC1)C1CCCCC1)C(=O)NCc1ccc(C(=N)N)cc1.Cl. The van der Waals surface area contributed by atoms with Crippen molar-refractivity contribution in [2.24, 2.45) is 11.7 Å². The van der Waals surface area contributed by atoms with Crippen molar-refractivity contribution in [3.05, 3.63) is 35.4 Å². The number of nitrogens with one attached hydrogen (secondary N) is 4. The monoisotopic (exact) mass is 558 g/mol. The zero-order chi connectivity index (χ0) is 26.3. The maximum atomic E-state index is 13.4. The van der Waals surface area contributed by atoms with E-state index in [1.165, 1.54) is 4.31 Å². The van der Waals surface area contributed by atoms with Crippen LogP contribution >= 0.6 is 12.4 Å². The zero-order valence-corrected chi connectivity index (χ0v) is 23.1. The standard InChI is InChI=1S/C24H38N6O5S.ClH/c1-24(2,23(32)27-16-17-8-10-19(11-9-17)21(25)26)28-22(31)20(18-6-4-3-5-7-18)29-36(33,34)30-12-14-35-15-13-30;/h8-11,18,20,29H,3-7,12-16H2,1-2H3,(H3,25,26)(H,27,32)(H,28,31);1H/t20-;/m1./s1. The summed E-state index contributed by atoms with van der Waals surface area (Å²) in [6.07, 6.45) is 4.40. The van der Waals surface area contributed by atoms with Gasteiger partial charge in [0.05, 0.1) is 13.2 Å². The molecule has 2 amide bonds. The fourth-order valence-corrected chi connectivity index (χ4v) is 5.90. The van der Waals surface area contributed by atoms with Gasteiger partial charge in [0.15, 0.2) is 0 Å². The molecule has 6 N–H and O–H groups in total. The molecule has 0 radical (unpaired) electrons. The van der Waals surface area contributed by atoms with E-state index >= 15 is 0 Å². The number of nitrogen functional groups attached to an aromatic ring is 1. The van der Waals surface area contributed by atoms with E-state index < -0.39 is 33.6 Å². The van der Waals surface area contributed by atoms with E-state index in [9.17, 15) is 18.0 Å². The number of hydrogen-bond donors (Lipinski definition) is 5. The minimum Gasteiger partial charge on any atom is -0.384 e. The van der Waals surface area contributed by atoms with Gasteiger partial charge in [0.2, 0.25) is 11.8 Å². The Balaban J connectivity index is 0.00000481. The van der Waals surface area contributed by atoms with Crippen LogP contribution in [-0.4, -0.2) is 68.3 Å². The predicted octanol–water partition coefficient (Wildman–Crippen LogP) is 1.02. The number of carbonyl (C=O) groups is 2. The van der Waals surface area contributed by atoms with Crippen LogP contribution < -0.4 is 21.1 Å². The first-order valence-electron chi connectivity index (χ1n) is 12.4. The lowest BCUT2D eigenvalue weighted by atomic mass is 9.83. The first-order valence-corrected chi connectivity index (χ1v) is 13.8. The molecule has 2 fully saturated rings. The fraction of sp³-hybridized carbons (Fsp3) is 0.625. The molecule has 1 saturated heterocycles. The first kappa shape index (κ1) is 31.0. The number of ether oxygens (including phenoxy) is 1. The second-order valence-electron chi connectivity index (χ2n) is 9.92. The van der Waals surface area contributed by atoms with Crippen LogP contribution in [0.2, 0.25) is 0 Å². The van der Waals surface area contributed by atoms with Crippen LogP contribution in [-0.2, 0) is 31.1 Å². The highest BCUT2D eigenvalue weighted by molar-refractivity contribution is 7.87. The Hall–Kier alpha value is -2.25. The quantitative estimate of drug-likeness (QED) is 0.212. The van der Waals surface area contributed by atoms with Gasteiger partial charge in [-0.15, -0.1) is 12.4 Å². The van der Waals surface area contributed by atoms with Gasteiger partial charge < -0.3 is 21.1 Å². The molecule has 0 aromatic heterocycles. The molecule has 1 saturated carbocycles. The summed E-state index contributed by atoms with van der Waals surface area (Å²) in [4.78, 5) is 26.3. The van der Waals surface area contributed by atoms with Gasteiger partial charge in [0, 0.05) is 25.2 Å². The van der Waals surface area contributed by atoms with Crippen molar-refractivity contribution in [3.63, 3.8) is 0 Å². The summed E-state index contributed by atoms with van der Waals surface area (Å²) < 4.78 is 35.3. The number of benzene rings is 1. The molecule has 1 aliphatic heterocycles. The molecular formula is C24H39ClN6O5S. The number of amides is 2. The molecule has 0 spiro atoms. The highest BCUT2D eigenvalue weighted by Gasteiger charge is 2.39. The third-order valence-electron chi connectivity index (χ3n) is 6.71. The van der Waals surface area contributed by atoms with Gasteiger partial charge in [-0.25, -0.2) is 0 Å². The van der Waals surface area contributed by atoms with Crippen LogP contribution in [0.25, 0.3) is 0 Å². The third-order valence-corrected chi connectivity index (χ3v) is 8.31. The number of nitrogens with two attached hydrogens (primary N) is 1. The van der Waals surface area contributed by atoms with Crippen molar-refractivity contribution < 1.29 is 22.7 Å². The molecule has 3 rings (SSSR count). The Labute approximate surface area is 225 Å². The van der Waals surface area contributed by atoms with E-state index in [1.807, 2.05) is 0 Å². The lowest BCUT2D eigenvalue weighted by molar-refractivity contribution is -0.134. The van der Waals surface area contributed by atoms with Crippen LogP contribution in [0.1, 0.15) is 57.1 Å². The largest absolute Gasteiger partial charge is 0.384 e. The summed E-state index contributed by atoms with van der Waals surface area (Å²) >= 11 is 0. The molecule has 1 aromatic rings. The van der Waals surface area contributed by atoms with Gasteiger partial charge >= 0.3 is 0 Å². The number of hydrogen-bond acceptors (Lipinski definition) is 6. The topological polar surface area (TPSA) is 167 Å². The maximum Gasteiger partial charge on any atom is 0.280 e. The molecule has 1 aromatic carbocycles. The average molecular weight is 559 g/mol. The molecule has 1 heterocycles. The predicted molar refractivity (Wildman–Crippen MR) is 144 cm³/mol. The molecule has 0 unspecified atom stereocenters. The average Bonchev–Trinajstić information content (AvgIpc) is 2.86. The van der Waals surface area contributed by atoms with Crippen LogP contribution in [0.4, 0.5) is 0 Å². The molecule has 37 heavy (non-hydrogen) atoms. The van der Waals surface area contributed by atoms with Gasteiger partial charge in [-0.1, -0.05) is 43.5 Å². The molecule has 208 valence electrons. The fourth-order valence-electron chi connectivity index (χ4n) is 4.50. The van der Waals surface area contributed by atoms with Crippen molar-refractivity contribution >= 4 is 40.3 Å². The van der Waals surface area contributed by atoms with Crippen molar-refractivity contribution in [1.29, 1.82) is 5.41 Å². The van der Waals surface area contributed by atoms with Crippen LogP contribution in [0.15, 0.2) is 24.3 Å². The first-order chi connectivity index (χ1) is 17.0. The Bertz CT molecular complexity index is 1040. The molecule has 1 atom stereocenters. The second kappa shape index (κ2) is 13.5. The molecular weight excluding hydrogens is 520 g/mol. The summed E-state index contributed by atoms with van der Waals surface area (Å²) in [7, 11) is -3.89. The van der Waals surface area contributed by atoms with Gasteiger partial charge in [0.25, 0.3) is 10.2 Å². The normalized spacial score (nSPS) is 18.3. The minimum atomic E-state index is -3.89. The number of rotatable bonds is 10.